The van der Waals surface area contributed by atoms with E-state index in [2.05, 4.69) is 0 Å². The molecule has 1 fully saturated rings. The highest BCUT2D eigenvalue weighted by atomic mass is 32.2. The smallest absolute Gasteiger partial charge is 0.153 e. The number of hydrogen-bond donors (Lipinski definition) is 0. The lowest BCUT2D eigenvalue weighted by Gasteiger charge is -1.99. The molecule has 18 heavy (non-hydrogen) atoms. The van der Waals surface area contributed by atoms with Crippen molar-refractivity contribution in [2.45, 2.75) is 11.2 Å². The third-order valence-corrected chi connectivity index (χ3v) is 4.82. The Balaban J connectivity index is 2.52. The van der Waals surface area contributed by atoms with E-state index in [-0.39, 0.29) is 0 Å². The van der Waals surface area contributed by atoms with Crippen LogP contribution in [0.15, 0.2) is 24.3 Å². The SMILES string of the molecule is CS(=O)(=O)[C@H]1[C@@H](c2cccc(F)c2)[C@@]1(C#N)C=O. The Morgan fingerprint density at radius 3 is 2.56 bits per heavy atom. The first kappa shape index (κ1) is 12.7. The minimum atomic E-state index is -3.55. The highest BCUT2D eigenvalue weighted by molar-refractivity contribution is 7.91. The maximum atomic E-state index is 13.1. The molecule has 3 atom stereocenters. The standard InChI is InChI=1S/C12H10FNO3S/c1-18(16,17)11-10(12(11,6-14)7-15)8-3-2-4-9(13)5-8/h2-5,7,10-11H,1H3/t10-,11+,12-/m1/s1. The van der Waals surface area contributed by atoms with Crippen molar-refractivity contribution in [3.05, 3.63) is 35.6 Å². The number of halogens is 1. The molecular formula is C12H10FNO3S. The molecule has 1 saturated carbocycles. The van der Waals surface area contributed by atoms with Gasteiger partial charge in [0.15, 0.2) is 9.84 Å². The summed E-state index contributed by atoms with van der Waals surface area (Å²) in [4.78, 5) is 11.1. The van der Waals surface area contributed by atoms with Crippen LogP contribution in [-0.2, 0) is 14.6 Å². The number of carbonyl (C=O) groups excluding carboxylic acids is 1. The molecule has 1 aromatic rings. The summed E-state index contributed by atoms with van der Waals surface area (Å²) in [6.07, 6.45) is 1.33. The zero-order valence-corrected chi connectivity index (χ0v) is 10.3. The second-order valence-electron chi connectivity index (χ2n) is 4.45. The van der Waals surface area contributed by atoms with E-state index in [0.29, 0.717) is 11.8 Å². The molecule has 0 radical (unpaired) electrons. The fraction of sp³-hybridized carbons (Fsp3) is 0.333. The molecule has 0 heterocycles. The number of aldehydes is 1. The van der Waals surface area contributed by atoms with Crippen LogP contribution in [0.2, 0.25) is 0 Å². The lowest BCUT2D eigenvalue weighted by Crippen LogP contribution is -2.14. The second-order valence-corrected chi connectivity index (χ2v) is 6.61. The molecule has 0 spiro atoms. The molecule has 4 nitrogen and oxygen atoms in total. The van der Waals surface area contributed by atoms with Gasteiger partial charge in [-0.2, -0.15) is 5.26 Å². The van der Waals surface area contributed by atoms with E-state index in [9.17, 15) is 17.6 Å². The Morgan fingerprint density at radius 1 is 1.50 bits per heavy atom. The van der Waals surface area contributed by atoms with Crippen LogP contribution in [0.1, 0.15) is 11.5 Å². The number of sulfone groups is 1. The largest absolute Gasteiger partial charge is 0.302 e. The predicted octanol–water partition coefficient (Wildman–Crippen LogP) is 1.04. The molecule has 0 N–H and O–H groups in total. The Hall–Kier alpha value is -1.74. The van der Waals surface area contributed by atoms with Crippen molar-refractivity contribution in [3.8, 4) is 6.07 Å². The fourth-order valence-corrected chi connectivity index (χ4v) is 4.19. The van der Waals surface area contributed by atoms with Gasteiger partial charge in [0.25, 0.3) is 0 Å². The number of benzene rings is 1. The van der Waals surface area contributed by atoms with Crippen LogP contribution in [0.3, 0.4) is 0 Å². The molecule has 0 aromatic heterocycles. The average Bonchev–Trinajstić information content (AvgIpc) is 2.98. The molecule has 0 aliphatic heterocycles. The van der Waals surface area contributed by atoms with Gasteiger partial charge in [0.2, 0.25) is 0 Å². The normalized spacial score (nSPS) is 30.5. The van der Waals surface area contributed by atoms with Crippen LogP contribution in [0.5, 0.6) is 0 Å². The first-order valence-electron chi connectivity index (χ1n) is 5.18. The quantitative estimate of drug-likeness (QED) is 0.767. The summed E-state index contributed by atoms with van der Waals surface area (Å²) in [5, 5.41) is 7.96. The molecular weight excluding hydrogens is 257 g/mol. The fourth-order valence-electron chi connectivity index (χ4n) is 2.43. The van der Waals surface area contributed by atoms with E-state index in [1.165, 1.54) is 18.2 Å². The number of nitrogens with zero attached hydrogens (tertiary/aromatic N) is 1. The van der Waals surface area contributed by atoms with Gasteiger partial charge < -0.3 is 4.79 Å². The Morgan fingerprint density at radius 2 is 2.17 bits per heavy atom. The highest BCUT2D eigenvalue weighted by Crippen LogP contribution is 2.61. The first-order chi connectivity index (χ1) is 8.36. The van der Waals surface area contributed by atoms with Crippen molar-refractivity contribution in [1.82, 2.24) is 0 Å². The molecule has 1 aromatic carbocycles. The van der Waals surface area contributed by atoms with Crippen molar-refractivity contribution in [3.63, 3.8) is 0 Å². The Labute approximate surface area is 104 Å². The summed E-state index contributed by atoms with van der Waals surface area (Å²) >= 11 is 0. The molecule has 0 amide bonds. The van der Waals surface area contributed by atoms with Gasteiger partial charge >= 0.3 is 0 Å². The second kappa shape index (κ2) is 3.89. The molecule has 2 rings (SSSR count). The molecule has 0 bridgehead atoms. The lowest BCUT2D eigenvalue weighted by atomic mass is 10.0. The topological polar surface area (TPSA) is 75.0 Å². The molecule has 1 aliphatic rings. The van der Waals surface area contributed by atoms with Gasteiger partial charge in [0.1, 0.15) is 17.5 Å². The monoisotopic (exact) mass is 267 g/mol. The number of rotatable bonds is 3. The van der Waals surface area contributed by atoms with E-state index in [1.807, 2.05) is 0 Å². The van der Waals surface area contributed by atoms with Crippen molar-refractivity contribution in [2.75, 3.05) is 6.26 Å². The van der Waals surface area contributed by atoms with Gasteiger partial charge in [0, 0.05) is 12.2 Å². The summed E-state index contributed by atoms with van der Waals surface area (Å²) < 4.78 is 36.3. The van der Waals surface area contributed by atoms with Crippen LogP contribution in [0.25, 0.3) is 0 Å². The highest BCUT2D eigenvalue weighted by Gasteiger charge is 2.71. The van der Waals surface area contributed by atoms with Crippen LogP contribution in [-0.4, -0.2) is 26.2 Å². The molecule has 94 valence electrons. The van der Waals surface area contributed by atoms with Gasteiger partial charge in [-0.05, 0) is 17.7 Å². The third-order valence-electron chi connectivity index (χ3n) is 3.24. The van der Waals surface area contributed by atoms with Gasteiger partial charge in [-0.25, -0.2) is 12.8 Å². The molecule has 1 aliphatic carbocycles. The Bertz CT molecular complexity index is 650. The minimum absolute atomic E-state index is 0.355. The molecule has 0 saturated heterocycles. The first-order valence-corrected chi connectivity index (χ1v) is 7.14. The van der Waals surface area contributed by atoms with Crippen LogP contribution >= 0.6 is 0 Å². The third kappa shape index (κ3) is 1.71. The van der Waals surface area contributed by atoms with E-state index >= 15 is 0 Å². The zero-order chi connectivity index (χ0) is 13.6. The number of hydrogen-bond acceptors (Lipinski definition) is 4. The minimum Gasteiger partial charge on any atom is -0.302 e. The van der Waals surface area contributed by atoms with Gasteiger partial charge in [-0.1, -0.05) is 12.1 Å². The van der Waals surface area contributed by atoms with E-state index < -0.39 is 32.2 Å². The van der Waals surface area contributed by atoms with E-state index in [1.54, 1.807) is 6.07 Å². The Kier molecular flexibility index (Phi) is 2.74. The molecule has 6 heteroatoms. The summed E-state index contributed by atoms with van der Waals surface area (Å²) in [5.41, 5.74) is -1.22. The van der Waals surface area contributed by atoms with Gasteiger partial charge in [0.05, 0.1) is 11.3 Å². The van der Waals surface area contributed by atoms with Crippen LogP contribution in [0.4, 0.5) is 4.39 Å². The van der Waals surface area contributed by atoms with Crippen molar-refractivity contribution >= 4 is 16.1 Å². The lowest BCUT2D eigenvalue weighted by molar-refractivity contribution is -0.110. The summed E-state index contributed by atoms with van der Waals surface area (Å²) in [6, 6.07) is 7.08. The summed E-state index contributed by atoms with van der Waals surface area (Å²) in [7, 11) is -3.55. The van der Waals surface area contributed by atoms with Crippen molar-refractivity contribution < 1.29 is 17.6 Å². The van der Waals surface area contributed by atoms with Crippen molar-refractivity contribution in [1.29, 1.82) is 5.26 Å². The van der Waals surface area contributed by atoms with E-state index in [4.69, 9.17) is 5.26 Å². The van der Waals surface area contributed by atoms with Crippen molar-refractivity contribution in [2.24, 2.45) is 5.41 Å². The van der Waals surface area contributed by atoms with Gasteiger partial charge in [-0.3, -0.25) is 0 Å². The zero-order valence-electron chi connectivity index (χ0n) is 9.50. The molecule has 0 unspecified atom stereocenters. The maximum absolute atomic E-state index is 13.1. The number of carbonyl (C=O) groups is 1. The predicted molar refractivity (Wildman–Crippen MR) is 61.9 cm³/mol. The summed E-state index contributed by atoms with van der Waals surface area (Å²) in [6.45, 7) is 0. The van der Waals surface area contributed by atoms with Crippen LogP contribution < -0.4 is 0 Å². The maximum Gasteiger partial charge on any atom is 0.153 e. The van der Waals surface area contributed by atoms with Gasteiger partial charge in [-0.15, -0.1) is 0 Å². The summed E-state index contributed by atoms with van der Waals surface area (Å²) in [5.74, 6) is -1.31. The van der Waals surface area contributed by atoms with Crippen LogP contribution in [0, 0.1) is 22.6 Å². The van der Waals surface area contributed by atoms with E-state index in [0.717, 1.165) is 12.3 Å². The number of nitriles is 1. The average molecular weight is 267 g/mol.